The fourth-order valence-corrected chi connectivity index (χ4v) is 12.1. The summed E-state index contributed by atoms with van der Waals surface area (Å²) in [6.07, 6.45) is 10.7. The van der Waals surface area contributed by atoms with Crippen molar-refractivity contribution in [1.29, 1.82) is 0 Å². The molecule has 0 aromatic heterocycles. The van der Waals surface area contributed by atoms with Crippen LogP contribution in [0.5, 0.6) is 0 Å². The number of hydrogen-bond acceptors (Lipinski definition) is 10. The van der Waals surface area contributed by atoms with Gasteiger partial charge in [-0.1, -0.05) is 27.0 Å². The van der Waals surface area contributed by atoms with Crippen LogP contribution in [0, 0.1) is 23.7 Å². The minimum Gasteiger partial charge on any atom is -0.378 e. The zero-order valence-corrected chi connectivity index (χ0v) is 31.7. The van der Waals surface area contributed by atoms with E-state index in [0.29, 0.717) is 31.7 Å². The summed E-state index contributed by atoms with van der Waals surface area (Å²) < 4.78 is 54.1. The van der Waals surface area contributed by atoms with Crippen molar-refractivity contribution in [3.63, 3.8) is 0 Å². The average molecular weight is 726 g/mol. The van der Waals surface area contributed by atoms with Crippen LogP contribution in [0.3, 0.4) is 0 Å². The largest absolute Gasteiger partial charge is 0.378 e. The van der Waals surface area contributed by atoms with Gasteiger partial charge in [0.05, 0.1) is 78.8 Å². The third-order valence-electron chi connectivity index (χ3n) is 14.9. The molecule has 0 aromatic rings. The molecule has 10 saturated heterocycles. The molecule has 19 atom stereocenters. The van der Waals surface area contributed by atoms with Crippen LogP contribution in [0.25, 0.3) is 0 Å². The zero-order valence-electron chi connectivity index (χ0n) is 31.7. The molecule has 10 nitrogen and oxygen atoms in total. The predicted octanol–water partition coefficient (Wildman–Crippen LogP) is 5.38. The average Bonchev–Trinajstić information content (AvgIpc) is 3.79. The molecular formula is C42H63NO9. The van der Waals surface area contributed by atoms with Crippen LogP contribution in [-0.2, 0) is 42.7 Å². The summed E-state index contributed by atoms with van der Waals surface area (Å²) in [6.45, 7) is 14.0. The van der Waals surface area contributed by atoms with Gasteiger partial charge >= 0.3 is 0 Å². The van der Waals surface area contributed by atoms with Crippen molar-refractivity contribution < 1.29 is 42.7 Å². The number of rotatable bonds is 4. The highest BCUT2D eigenvalue weighted by Crippen LogP contribution is 2.57. The van der Waals surface area contributed by atoms with Crippen molar-refractivity contribution in [1.82, 2.24) is 0 Å². The lowest BCUT2D eigenvalue weighted by Gasteiger charge is -2.48. The molecule has 0 aliphatic carbocycles. The Morgan fingerprint density at radius 3 is 2.40 bits per heavy atom. The van der Waals surface area contributed by atoms with Crippen LogP contribution in [0.2, 0.25) is 0 Å². The fourth-order valence-electron chi connectivity index (χ4n) is 12.1. The van der Waals surface area contributed by atoms with Gasteiger partial charge in [-0.25, -0.2) is 0 Å². The highest BCUT2D eigenvalue weighted by Gasteiger charge is 2.67. The number of Topliss-reactive ketones (excluding diaryl/α,β-unsaturated/α-hetero) is 1. The van der Waals surface area contributed by atoms with E-state index in [0.717, 1.165) is 76.2 Å². The molecule has 0 amide bonds. The molecule has 10 heteroatoms. The van der Waals surface area contributed by atoms with Gasteiger partial charge in [-0.05, 0) is 93.7 Å². The van der Waals surface area contributed by atoms with E-state index < -0.39 is 0 Å². The quantitative estimate of drug-likeness (QED) is 0.379. The van der Waals surface area contributed by atoms with E-state index in [1.165, 1.54) is 5.57 Å². The summed E-state index contributed by atoms with van der Waals surface area (Å²) in [7, 11) is 1.75. The molecule has 2 unspecified atom stereocenters. The van der Waals surface area contributed by atoms with Crippen LogP contribution in [0.4, 0.5) is 0 Å². The van der Waals surface area contributed by atoms with Crippen LogP contribution in [-0.4, -0.2) is 110 Å². The van der Waals surface area contributed by atoms with Crippen molar-refractivity contribution in [2.45, 2.75) is 195 Å². The molecule has 0 saturated carbocycles. The lowest BCUT2D eigenvalue weighted by atomic mass is 9.73. The number of methoxy groups -OCH3 is 1. The normalized spacial score (nSPS) is 52.4. The van der Waals surface area contributed by atoms with E-state index in [9.17, 15) is 4.79 Å². The molecule has 1 spiro atoms. The molecule has 10 aliphatic heterocycles. The van der Waals surface area contributed by atoms with Gasteiger partial charge in [0.1, 0.15) is 18.0 Å². The van der Waals surface area contributed by atoms with Crippen LogP contribution < -0.4 is 5.73 Å². The molecule has 12 bridgehead atoms. The smallest absolute Gasteiger partial charge is 0.135 e. The van der Waals surface area contributed by atoms with E-state index in [1.807, 2.05) is 0 Å². The summed E-state index contributed by atoms with van der Waals surface area (Å²) in [6, 6.07) is 0. The second-order valence-corrected chi connectivity index (χ2v) is 18.4. The number of fused-ring (bicyclic) bond motifs is 6. The summed E-state index contributed by atoms with van der Waals surface area (Å²) in [5.41, 5.74) is 8.13. The third-order valence-corrected chi connectivity index (χ3v) is 14.9. The number of nitrogens with two attached hydrogens (primary N) is 1. The van der Waals surface area contributed by atoms with Crippen molar-refractivity contribution >= 4 is 5.78 Å². The number of carbonyl (C=O) groups excluding carboxylic acids is 1. The van der Waals surface area contributed by atoms with Crippen LogP contribution >= 0.6 is 0 Å². The number of carbonyl (C=O) groups is 1. The Kier molecular flexibility index (Phi) is 10.1. The first-order valence-electron chi connectivity index (χ1n) is 20.8. The minimum absolute atomic E-state index is 0.0123. The third kappa shape index (κ3) is 6.61. The number of hydrogen-bond donors (Lipinski definition) is 1. The van der Waals surface area contributed by atoms with E-state index in [-0.39, 0.29) is 115 Å². The van der Waals surface area contributed by atoms with Crippen molar-refractivity contribution in [2.24, 2.45) is 29.4 Å². The van der Waals surface area contributed by atoms with Gasteiger partial charge < -0.3 is 43.6 Å². The van der Waals surface area contributed by atoms with Crippen molar-refractivity contribution in [2.75, 3.05) is 13.7 Å². The van der Waals surface area contributed by atoms with E-state index in [4.69, 9.17) is 43.6 Å². The summed E-state index contributed by atoms with van der Waals surface area (Å²) >= 11 is 0. The summed E-state index contributed by atoms with van der Waals surface area (Å²) in [5, 5.41) is 0. The number of ketones is 1. The lowest BCUT2D eigenvalue weighted by molar-refractivity contribution is -0.237. The second kappa shape index (κ2) is 14.4. The maximum absolute atomic E-state index is 14.1. The van der Waals surface area contributed by atoms with Crippen molar-refractivity contribution in [3.8, 4) is 0 Å². The molecule has 0 aromatic carbocycles. The fraction of sp³-hybridized carbons (Fsp3) is 0.881. The standard InChI is InChI=1S/C42H63NO9/c1-21(20-43)12-35-37(45-5)29-16-25(44)15-27-7-9-32-38(48-27)30-18-42(19-36-40(52-42)41(50-32)39(30)51-36)11-10-28-14-23(3)31(46-28)8-6-26-13-22(2)24(4)33(47-26)17-34(29)49-35/h21-22,26-41H,3-4,6-20,43H2,1-2,5H3/t21?,22-,26+,27-,28+,29+,30+,31+,32+,33-,34+,35-,36-,37-,38-,39+,40+,41-,42?/m1/s1. The van der Waals surface area contributed by atoms with Crippen LogP contribution in [0.15, 0.2) is 24.3 Å². The van der Waals surface area contributed by atoms with Gasteiger partial charge in [0, 0.05) is 44.6 Å². The Morgan fingerprint density at radius 1 is 0.788 bits per heavy atom. The molecule has 290 valence electrons. The Hall–Kier alpha value is -1.21. The van der Waals surface area contributed by atoms with E-state index in [1.54, 1.807) is 7.11 Å². The highest BCUT2D eigenvalue weighted by molar-refractivity contribution is 5.79. The predicted molar refractivity (Wildman–Crippen MR) is 193 cm³/mol. The molecule has 10 heterocycles. The van der Waals surface area contributed by atoms with Crippen molar-refractivity contribution in [3.05, 3.63) is 24.3 Å². The first-order valence-corrected chi connectivity index (χ1v) is 20.8. The number of ether oxygens (including phenoxy) is 8. The maximum atomic E-state index is 14.1. The first-order chi connectivity index (χ1) is 25.1. The summed E-state index contributed by atoms with van der Waals surface area (Å²) in [5.74, 6) is 0.926. The zero-order chi connectivity index (χ0) is 35.9. The Labute approximate surface area is 310 Å². The minimum atomic E-state index is -0.262. The lowest BCUT2D eigenvalue weighted by Crippen LogP contribution is -2.58. The molecular weight excluding hydrogens is 662 g/mol. The van der Waals surface area contributed by atoms with E-state index in [2.05, 4.69) is 27.0 Å². The molecule has 0 radical (unpaired) electrons. The monoisotopic (exact) mass is 725 g/mol. The van der Waals surface area contributed by atoms with Gasteiger partial charge in [0.25, 0.3) is 0 Å². The van der Waals surface area contributed by atoms with Gasteiger partial charge in [-0.3, -0.25) is 4.79 Å². The molecule has 2 N–H and O–H groups in total. The SMILES string of the molecule is C=C1C[C@@H]2CCC34C[C@H]5[C@H]6O[C@H](CC[C@@H]6O[C@H]6[C@@H](O3)[C@@H](C4)O[C@@H]56)CC(=O)C[C@@H]3[C@@H](OC)[C@@H](CC(C)CN)O[C@H]3C[C@H]3O[C@@H](CC[C@@H]1O2)C[C@@H](C)C3=C. The van der Waals surface area contributed by atoms with Gasteiger partial charge in [-0.15, -0.1) is 0 Å². The Morgan fingerprint density at radius 2 is 1.58 bits per heavy atom. The molecule has 10 fully saturated rings. The van der Waals surface area contributed by atoms with Crippen LogP contribution in [0.1, 0.15) is 104 Å². The first kappa shape index (κ1) is 36.4. The Balaban J connectivity index is 0.994. The van der Waals surface area contributed by atoms with Gasteiger partial charge in [-0.2, -0.15) is 0 Å². The summed E-state index contributed by atoms with van der Waals surface area (Å²) in [4.78, 5) is 14.1. The van der Waals surface area contributed by atoms with E-state index >= 15 is 0 Å². The van der Waals surface area contributed by atoms with Gasteiger partial charge in [0.15, 0.2) is 0 Å². The highest BCUT2D eigenvalue weighted by atomic mass is 16.6. The van der Waals surface area contributed by atoms with Gasteiger partial charge in [0.2, 0.25) is 0 Å². The molecule has 10 aliphatic rings. The topological polar surface area (TPSA) is 117 Å². The molecule has 10 rings (SSSR count). The Bertz CT molecular complexity index is 1370. The second-order valence-electron chi connectivity index (χ2n) is 18.4. The molecule has 52 heavy (non-hydrogen) atoms. The maximum Gasteiger partial charge on any atom is 0.135 e.